The summed E-state index contributed by atoms with van der Waals surface area (Å²) in [6.45, 7) is 2.54. The maximum atomic E-state index is 13.1. The first-order valence-electron chi connectivity index (χ1n) is 9.75. The van der Waals surface area contributed by atoms with Crippen LogP contribution in [0.3, 0.4) is 0 Å². The summed E-state index contributed by atoms with van der Waals surface area (Å²) in [7, 11) is 3.51. The molecule has 1 saturated heterocycles. The van der Waals surface area contributed by atoms with Gasteiger partial charge >= 0.3 is 5.69 Å². The van der Waals surface area contributed by atoms with Crippen molar-refractivity contribution in [3.8, 4) is 0 Å². The van der Waals surface area contributed by atoms with Gasteiger partial charge in [0.25, 0.3) is 5.56 Å². The van der Waals surface area contributed by atoms with Gasteiger partial charge in [0.15, 0.2) is 0 Å². The molecule has 3 rings (SSSR count). The van der Waals surface area contributed by atoms with Crippen LogP contribution in [-0.4, -0.2) is 58.0 Å². The minimum absolute atomic E-state index is 0.00455. The van der Waals surface area contributed by atoms with E-state index in [0.29, 0.717) is 12.1 Å². The maximum Gasteiger partial charge on any atom is 0.328 e. The summed E-state index contributed by atoms with van der Waals surface area (Å²) in [5.74, 6) is -0.0605. The van der Waals surface area contributed by atoms with Crippen LogP contribution in [0.2, 0.25) is 0 Å². The van der Waals surface area contributed by atoms with Crippen LogP contribution in [0.4, 0.5) is 0 Å². The number of carbonyl (C=O) groups is 1. The third-order valence-electron chi connectivity index (χ3n) is 5.53. The normalized spacial score (nSPS) is 15.5. The van der Waals surface area contributed by atoms with Crippen molar-refractivity contribution in [3.05, 3.63) is 68.5 Å². The molecule has 1 aromatic carbocycles. The molecule has 0 radical (unpaired) electrons. The summed E-state index contributed by atoms with van der Waals surface area (Å²) in [4.78, 5) is 43.7. The highest BCUT2D eigenvalue weighted by molar-refractivity contribution is 5.79. The zero-order valence-electron chi connectivity index (χ0n) is 16.6. The van der Waals surface area contributed by atoms with Gasteiger partial charge < -0.3 is 14.8 Å². The van der Waals surface area contributed by atoms with Gasteiger partial charge in [-0.1, -0.05) is 30.3 Å². The Morgan fingerprint density at radius 1 is 1.14 bits per heavy atom. The van der Waals surface area contributed by atoms with Crippen LogP contribution in [0.15, 0.2) is 46.1 Å². The molecule has 2 aromatic rings. The zero-order valence-corrected chi connectivity index (χ0v) is 16.6. The van der Waals surface area contributed by atoms with E-state index in [-0.39, 0.29) is 18.4 Å². The highest BCUT2D eigenvalue weighted by Gasteiger charge is 2.27. The van der Waals surface area contributed by atoms with Gasteiger partial charge in [-0.25, -0.2) is 4.79 Å². The summed E-state index contributed by atoms with van der Waals surface area (Å²) >= 11 is 0. The second kappa shape index (κ2) is 9.01. The molecule has 1 N–H and O–H groups in total. The average Bonchev–Trinajstić information content (AvgIpc) is 2.71. The first-order chi connectivity index (χ1) is 13.5. The lowest BCUT2D eigenvalue weighted by Crippen LogP contribution is -2.48. The van der Waals surface area contributed by atoms with E-state index in [1.54, 1.807) is 0 Å². The quantitative estimate of drug-likeness (QED) is 0.798. The molecule has 28 heavy (non-hydrogen) atoms. The summed E-state index contributed by atoms with van der Waals surface area (Å²) in [6.07, 6.45) is 4.01. The molecule has 1 aliphatic rings. The molecule has 0 spiro atoms. The highest BCUT2D eigenvalue weighted by atomic mass is 16.2. The van der Waals surface area contributed by atoms with Crippen molar-refractivity contribution in [1.82, 2.24) is 19.4 Å². The lowest BCUT2D eigenvalue weighted by atomic mass is 10.0. The molecule has 7 nitrogen and oxygen atoms in total. The lowest BCUT2D eigenvalue weighted by Gasteiger charge is -2.37. The van der Waals surface area contributed by atoms with Gasteiger partial charge in [0, 0.05) is 31.4 Å². The fourth-order valence-corrected chi connectivity index (χ4v) is 3.72. The number of rotatable bonds is 6. The van der Waals surface area contributed by atoms with E-state index in [4.69, 9.17) is 0 Å². The second-order valence-corrected chi connectivity index (χ2v) is 7.52. The van der Waals surface area contributed by atoms with Crippen molar-refractivity contribution < 1.29 is 4.79 Å². The van der Waals surface area contributed by atoms with E-state index in [2.05, 4.69) is 29.1 Å². The van der Waals surface area contributed by atoms with E-state index in [0.717, 1.165) is 36.9 Å². The first-order valence-corrected chi connectivity index (χ1v) is 9.75. The molecule has 0 unspecified atom stereocenters. The Bertz CT molecular complexity index is 911. The Labute approximate surface area is 164 Å². The minimum Gasteiger partial charge on any atom is -0.339 e. The van der Waals surface area contributed by atoms with Gasteiger partial charge in [0.2, 0.25) is 5.91 Å². The number of hydrogen-bond acceptors (Lipinski definition) is 4. The molecule has 2 heterocycles. The maximum absolute atomic E-state index is 13.1. The Balaban J connectivity index is 1.77. The van der Waals surface area contributed by atoms with E-state index >= 15 is 0 Å². The Morgan fingerprint density at radius 2 is 1.82 bits per heavy atom. The second-order valence-electron chi connectivity index (χ2n) is 7.52. The number of amides is 1. The number of H-pyrrole nitrogens is 1. The molecule has 1 aromatic heterocycles. The van der Waals surface area contributed by atoms with Crippen molar-refractivity contribution in [3.63, 3.8) is 0 Å². The van der Waals surface area contributed by atoms with Crippen LogP contribution < -0.4 is 11.2 Å². The van der Waals surface area contributed by atoms with Gasteiger partial charge in [0.1, 0.15) is 0 Å². The first kappa shape index (κ1) is 20.1. The molecule has 1 aliphatic heterocycles. The fraction of sp³-hybridized carbons (Fsp3) is 0.476. The third kappa shape index (κ3) is 4.78. The zero-order chi connectivity index (χ0) is 20.1. The van der Waals surface area contributed by atoms with Crippen LogP contribution in [-0.2, 0) is 24.7 Å². The SMILES string of the molecule is CN1CCC(N(CCc2ccccc2)C(=O)Cc2c[nH]c(=O)n(C)c2=O)CC1. The molecule has 0 saturated carbocycles. The number of hydrogen-bond donors (Lipinski definition) is 1. The number of likely N-dealkylation sites (tertiary alicyclic amines) is 1. The van der Waals surface area contributed by atoms with Gasteiger partial charge in [0.05, 0.1) is 6.42 Å². The number of piperidine rings is 1. The number of aromatic nitrogens is 2. The molecule has 7 heteroatoms. The van der Waals surface area contributed by atoms with Crippen LogP contribution in [0, 0.1) is 0 Å². The number of nitrogens with zero attached hydrogens (tertiary/aromatic N) is 3. The van der Waals surface area contributed by atoms with Crippen molar-refractivity contribution in [1.29, 1.82) is 0 Å². The summed E-state index contributed by atoms with van der Waals surface area (Å²) in [5, 5.41) is 0. The van der Waals surface area contributed by atoms with E-state index < -0.39 is 11.2 Å². The molecule has 150 valence electrons. The molecule has 0 atom stereocenters. The minimum atomic E-state index is -0.475. The molecule has 1 fully saturated rings. The monoisotopic (exact) mass is 384 g/mol. The average molecular weight is 384 g/mol. The number of aromatic amines is 1. The van der Waals surface area contributed by atoms with Gasteiger partial charge in [-0.3, -0.25) is 14.2 Å². The smallest absolute Gasteiger partial charge is 0.328 e. The third-order valence-corrected chi connectivity index (χ3v) is 5.53. The highest BCUT2D eigenvalue weighted by Crippen LogP contribution is 2.17. The summed E-state index contributed by atoms with van der Waals surface area (Å²) < 4.78 is 1.01. The number of carbonyl (C=O) groups excluding carboxylic acids is 1. The van der Waals surface area contributed by atoms with Gasteiger partial charge in [-0.2, -0.15) is 0 Å². The van der Waals surface area contributed by atoms with Crippen LogP contribution in [0.25, 0.3) is 0 Å². The van der Waals surface area contributed by atoms with Crippen molar-refractivity contribution in [2.75, 3.05) is 26.7 Å². The molecular weight excluding hydrogens is 356 g/mol. The Morgan fingerprint density at radius 3 is 2.50 bits per heavy atom. The van der Waals surface area contributed by atoms with Crippen LogP contribution >= 0.6 is 0 Å². The van der Waals surface area contributed by atoms with Crippen molar-refractivity contribution >= 4 is 5.91 Å². The van der Waals surface area contributed by atoms with Crippen molar-refractivity contribution in [2.24, 2.45) is 7.05 Å². The lowest BCUT2D eigenvalue weighted by molar-refractivity contribution is -0.133. The predicted octanol–water partition coefficient (Wildman–Crippen LogP) is 0.782. The topological polar surface area (TPSA) is 78.4 Å². The summed E-state index contributed by atoms with van der Waals surface area (Å²) in [6, 6.07) is 10.3. The Hall–Kier alpha value is -2.67. The number of benzene rings is 1. The predicted molar refractivity (Wildman–Crippen MR) is 108 cm³/mol. The molecule has 0 aliphatic carbocycles. The van der Waals surface area contributed by atoms with Gasteiger partial charge in [-0.15, -0.1) is 0 Å². The van der Waals surface area contributed by atoms with Crippen LogP contribution in [0.5, 0.6) is 0 Å². The van der Waals surface area contributed by atoms with E-state index in [9.17, 15) is 14.4 Å². The molecular formula is C21H28N4O3. The van der Waals surface area contributed by atoms with E-state index in [1.165, 1.54) is 18.8 Å². The number of nitrogens with one attached hydrogen (secondary N) is 1. The van der Waals surface area contributed by atoms with E-state index in [1.807, 2.05) is 23.1 Å². The van der Waals surface area contributed by atoms with Gasteiger partial charge in [-0.05, 0) is 45.0 Å². The fourth-order valence-electron chi connectivity index (χ4n) is 3.72. The summed E-state index contributed by atoms with van der Waals surface area (Å²) in [5.41, 5.74) is 0.624. The standard InChI is InChI=1S/C21H28N4O3/c1-23-11-9-18(10-12-23)25(13-8-16-6-4-3-5-7-16)19(26)14-17-15-22-21(28)24(2)20(17)27/h3-7,15,18H,8-14H2,1-2H3,(H,22,28). The van der Waals surface area contributed by atoms with Crippen molar-refractivity contribution in [2.45, 2.75) is 31.7 Å². The van der Waals surface area contributed by atoms with Crippen LogP contribution in [0.1, 0.15) is 24.0 Å². The largest absolute Gasteiger partial charge is 0.339 e. The molecule has 0 bridgehead atoms. The Kier molecular flexibility index (Phi) is 6.46. The molecule has 1 amide bonds.